The molecule has 10 heavy (non-hydrogen) atoms. The Balaban J connectivity index is 2.62. The van der Waals surface area contributed by atoms with Gasteiger partial charge in [-0.1, -0.05) is 12.1 Å². The lowest BCUT2D eigenvalue weighted by Crippen LogP contribution is -2.33. The quantitative estimate of drug-likeness (QED) is 0.624. The minimum absolute atomic E-state index is 0.617. The van der Waals surface area contributed by atoms with Crippen molar-refractivity contribution >= 4 is 5.71 Å². The van der Waals surface area contributed by atoms with E-state index in [2.05, 4.69) is 5.16 Å². The molecule has 1 N–H and O–H groups in total. The molecule has 0 aromatic rings. The SMILES string of the molecule is CCC(C)(O)C1=NOCC1. The highest BCUT2D eigenvalue weighted by Gasteiger charge is 2.28. The maximum Gasteiger partial charge on any atom is 0.122 e. The van der Waals surface area contributed by atoms with Crippen molar-refractivity contribution in [3.05, 3.63) is 0 Å². The van der Waals surface area contributed by atoms with Gasteiger partial charge < -0.3 is 9.94 Å². The molecule has 1 heterocycles. The Morgan fingerprint density at radius 3 is 2.90 bits per heavy atom. The number of oxime groups is 1. The van der Waals surface area contributed by atoms with E-state index in [9.17, 15) is 5.11 Å². The molecule has 0 saturated carbocycles. The molecule has 0 saturated heterocycles. The standard InChI is InChI=1S/C7H13NO2/c1-3-7(2,9)6-4-5-10-8-6/h9H,3-5H2,1-2H3. The number of aliphatic hydroxyl groups is 1. The Kier molecular flexibility index (Phi) is 1.94. The summed E-state index contributed by atoms with van der Waals surface area (Å²) in [7, 11) is 0. The third kappa shape index (κ3) is 1.29. The van der Waals surface area contributed by atoms with E-state index in [1.54, 1.807) is 6.92 Å². The van der Waals surface area contributed by atoms with Crippen molar-refractivity contribution in [3.8, 4) is 0 Å². The van der Waals surface area contributed by atoms with Crippen LogP contribution in [0.2, 0.25) is 0 Å². The maximum absolute atomic E-state index is 9.61. The molecule has 3 nitrogen and oxygen atoms in total. The second-order valence-corrected chi connectivity index (χ2v) is 2.75. The van der Waals surface area contributed by atoms with Crippen molar-refractivity contribution in [1.82, 2.24) is 0 Å². The Labute approximate surface area is 60.7 Å². The van der Waals surface area contributed by atoms with Gasteiger partial charge in [0.05, 0.1) is 5.71 Å². The van der Waals surface area contributed by atoms with Crippen molar-refractivity contribution in [2.24, 2.45) is 5.16 Å². The minimum atomic E-state index is -0.753. The minimum Gasteiger partial charge on any atom is -0.395 e. The molecule has 3 heteroatoms. The zero-order valence-corrected chi connectivity index (χ0v) is 6.42. The van der Waals surface area contributed by atoms with Crippen LogP contribution in [0.1, 0.15) is 26.7 Å². The molecular weight excluding hydrogens is 130 g/mol. The topological polar surface area (TPSA) is 41.8 Å². The monoisotopic (exact) mass is 143 g/mol. The molecule has 1 rings (SSSR count). The third-order valence-corrected chi connectivity index (χ3v) is 1.92. The highest BCUT2D eigenvalue weighted by Crippen LogP contribution is 2.17. The van der Waals surface area contributed by atoms with Crippen LogP contribution in [0, 0.1) is 0 Å². The molecule has 1 aliphatic heterocycles. The van der Waals surface area contributed by atoms with Crippen LogP contribution < -0.4 is 0 Å². The van der Waals surface area contributed by atoms with E-state index in [-0.39, 0.29) is 0 Å². The molecule has 1 unspecified atom stereocenters. The van der Waals surface area contributed by atoms with E-state index in [1.807, 2.05) is 6.92 Å². The Morgan fingerprint density at radius 1 is 1.80 bits per heavy atom. The van der Waals surface area contributed by atoms with Crippen molar-refractivity contribution in [2.75, 3.05) is 6.61 Å². The Bertz CT molecular complexity index is 152. The van der Waals surface area contributed by atoms with Crippen LogP contribution in [0.15, 0.2) is 5.16 Å². The van der Waals surface area contributed by atoms with Crippen LogP contribution in [-0.2, 0) is 4.84 Å². The predicted molar refractivity (Wildman–Crippen MR) is 38.9 cm³/mol. The van der Waals surface area contributed by atoms with Gasteiger partial charge in [0.1, 0.15) is 12.2 Å². The van der Waals surface area contributed by atoms with E-state index in [0.29, 0.717) is 13.0 Å². The molecule has 0 aromatic carbocycles. The van der Waals surface area contributed by atoms with E-state index < -0.39 is 5.60 Å². The summed E-state index contributed by atoms with van der Waals surface area (Å²) >= 11 is 0. The van der Waals surface area contributed by atoms with Gasteiger partial charge in [-0.2, -0.15) is 0 Å². The fraction of sp³-hybridized carbons (Fsp3) is 0.857. The molecular formula is C7H13NO2. The van der Waals surface area contributed by atoms with Gasteiger partial charge in [-0.25, -0.2) is 0 Å². The van der Waals surface area contributed by atoms with Crippen LogP contribution in [0.5, 0.6) is 0 Å². The third-order valence-electron chi connectivity index (χ3n) is 1.92. The molecule has 0 amide bonds. The van der Waals surface area contributed by atoms with E-state index in [4.69, 9.17) is 4.84 Å². The van der Waals surface area contributed by atoms with Crippen molar-refractivity contribution < 1.29 is 9.94 Å². The fourth-order valence-electron chi connectivity index (χ4n) is 0.883. The van der Waals surface area contributed by atoms with Gasteiger partial charge in [-0.05, 0) is 13.3 Å². The van der Waals surface area contributed by atoms with E-state index in [1.165, 1.54) is 0 Å². The lowest BCUT2D eigenvalue weighted by Gasteiger charge is -2.19. The number of nitrogens with zero attached hydrogens (tertiary/aromatic N) is 1. The van der Waals surface area contributed by atoms with Crippen LogP contribution in [0.3, 0.4) is 0 Å². The van der Waals surface area contributed by atoms with Crippen molar-refractivity contribution in [1.29, 1.82) is 0 Å². The van der Waals surface area contributed by atoms with Crippen molar-refractivity contribution in [3.63, 3.8) is 0 Å². The summed E-state index contributed by atoms with van der Waals surface area (Å²) in [5.74, 6) is 0. The first kappa shape index (κ1) is 7.54. The predicted octanol–water partition coefficient (Wildman–Crippen LogP) is 0.924. The molecule has 0 bridgehead atoms. The Morgan fingerprint density at radius 2 is 2.50 bits per heavy atom. The van der Waals surface area contributed by atoms with Gasteiger partial charge in [0.25, 0.3) is 0 Å². The maximum atomic E-state index is 9.61. The summed E-state index contributed by atoms with van der Waals surface area (Å²) in [5.41, 5.74) is 0.0197. The molecule has 58 valence electrons. The smallest absolute Gasteiger partial charge is 0.122 e. The zero-order chi connectivity index (χ0) is 7.61. The van der Waals surface area contributed by atoms with Gasteiger partial charge >= 0.3 is 0 Å². The van der Waals surface area contributed by atoms with Crippen molar-refractivity contribution in [2.45, 2.75) is 32.3 Å². The molecule has 0 aromatic heterocycles. The number of hydrogen-bond acceptors (Lipinski definition) is 3. The molecule has 0 spiro atoms. The Hall–Kier alpha value is -0.570. The second kappa shape index (κ2) is 2.58. The highest BCUT2D eigenvalue weighted by atomic mass is 16.6. The summed E-state index contributed by atoms with van der Waals surface area (Å²) in [4.78, 5) is 4.77. The molecule has 1 atom stereocenters. The normalized spacial score (nSPS) is 23.3. The summed E-state index contributed by atoms with van der Waals surface area (Å²) in [6.45, 7) is 4.31. The number of rotatable bonds is 2. The van der Waals surface area contributed by atoms with Gasteiger partial charge in [-0.3, -0.25) is 0 Å². The first-order chi connectivity index (χ1) is 4.67. The fourth-order valence-corrected chi connectivity index (χ4v) is 0.883. The zero-order valence-electron chi connectivity index (χ0n) is 6.42. The van der Waals surface area contributed by atoms with Gasteiger partial charge in [0.2, 0.25) is 0 Å². The molecule has 0 fully saturated rings. The van der Waals surface area contributed by atoms with Crippen LogP contribution >= 0.6 is 0 Å². The van der Waals surface area contributed by atoms with Gasteiger partial charge in [-0.15, -0.1) is 0 Å². The number of hydrogen-bond donors (Lipinski definition) is 1. The average molecular weight is 143 g/mol. The summed E-state index contributed by atoms with van der Waals surface area (Å²) in [5, 5.41) is 13.4. The van der Waals surface area contributed by atoms with E-state index >= 15 is 0 Å². The average Bonchev–Trinajstić information content (AvgIpc) is 2.38. The summed E-state index contributed by atoms with van der Waals surface area (Å²) < 4.78 is 0. The summed E-state index contributed by atoms with van der Waals surface area (Å²) in [6.07, 6.45) is 1.45. The van der Waals surface area contributed by atoms with Crippen LogP contribution in [0.4, 0.5) is 0 Å². The van der Waals surface area contributed by atoms with Gasteiger partial charge in [0, 0.05) is 6.42 Å². The lowest BCUT2D eigenvalue weighted by atomic mass is 9.95. The first-order valence-electron chi connectivity index (χ1n) is 3.58. The first-order valence-corrected chi connectivity index (χ1v) is 3.58. The van der Waals surface area contributed by atoms with Gasteiger partial charge in [0.15, 0.2) is 0 Å². The lowest BCUT2D eigenvalue weighted by molar-refractivity contribution is 0.124. The molecule has 0 aliphatic carbocycles. The second-order valence-electron chi connectivity index (χ2n) is 2.75. The largest absolute Gasteiger partial charge is 0.395 e. The highest BCUT2D eigenvalue weighted by molar-refractivity contribution is 5.92. The summed E-state index contributed by atoms with van der Waals surface area (Å²) in [6, 6.07) is 0. The van der Waals surface area contributed by atoms with Crippen LogP contribution in [-0.4, -0.2) is 23.0 Å². The molecule has 0 radical (unpaired) electrons. The van der Waals surface area contributed by atoms with E-state index in [0.717, 1.165) is 12.1 Å². The molecule has 1 aliphatic rings. The van der Waals surface area contributed by atoms with Crippen LogP contribution in [0.25, 0.3) is 0 Å².